The minimum atomic E-state index is -1.40. The van der Waals surface area contributed by atoms with Gasteiger partial charge >= 0.3 is 17.9 Å². The Kier molecular flexibility index (Phi) is 27.5. The van der Waals surface area contributed by atoms with Crippen LogP contribution in [0.25, 0.3) is 0 Å². The third-order valence-corrected chi connectivity index (χ3v) is 9.72. The van der Waals surface area contributed by atoms with E-state index in [0.717, 1.165) is 38.5 Å². The first-order valence-electron chi connectivity index (χ1n) is 18.3. The molecular weight excluding hydrogens is 654 g/mol. The van der Waals surface area contributed by atoms with Crippen molar-refractivity contribution in [1.82, 2.24) is 0 Å². The summed E-state index contributed by atoms with van der Waals surface area (Å²) in [7, 11) is 0. The summed E-state index contributed by atoms with van der Waals surface area (Å²) in [5.74, 6) is -4.17. The molecule has 0 fully saturated rings. The number of primary amides is 3. The predicted octanol–water partition coefficient (Wildman–Crippen LogP) is 7.35. The quantitative estimate of drug-likeness (QED) is 0.0875. The average molecular weight is 732 g/mol. The van der Waals surface area contributed by atoms with Gasteiger partial charge in [0.15, 0.2) is 0 Å². The van der Waals surface area contributed by atoms with Gasteiger partial charge in [-0.25, -0.2) is 0 Å². The van der Waals surface area contributed by atoms with Crippen LogP contribution >= 0.6 is 0 Å². The molecule has 0 aromatic carbocycles. The van der Waals surface area contributed by atoms with Gasteiger partial charge in [0.1, 0.15) is 0 Å². The Bertz CT molecular complexity index is 945. The van der Waals surface area contributed by atoms with Crippen LogP contribution in [-0.4, -0.2) is 50.9 Å². The molecule has 0 heterocycles. The van der Waals surface area contributed by atoms with Crippen LogP contribution in [0.3, 0.4) is 0 Å². The molecule has 12 nitrogen and oxygen atoms in total. The van der Waals surface area contributed by atoms with Gasteiger partial charge in [-0.1, -0.05) is 123 Å². The molecule has 12 heteroatoms. The predicted molar refractivity (Wildman–Crippen MR) is 204 cm³/mol. The first-order chi connectivity index (χ1) is 22.8. The van der Waals surface area contributed by atoms with Crippen LogP contribution in [0.1, 0.15) is 155 Å². The lowest BCUT2D eigenvalue weighted by Crippen LogP contribution is -2.28. The molecule has 0 radical (unpaired) electrons. The lowest BCUT2D eigenvalue weighted by Gasteiger charge is -2.31. The van der Waals surface area contributed by atoms with E-state index < -0.39 is 36.7 Å². The van der Waals surface area contributed by atoms with Gasteiger partial charge in [-0.05, 0) is 53.3 Å². The lowest BCUT2D eigenvalue weighted by molar-refractivity contribution is -0.152. The average Bonchev–Trinajstić information content (AvgIpc) is 2.94. The van der Waals surface area contributed by atoms with Crippen LogP contribution in [0.5, 0.6) is 0 Å². The highest BCUT2D eigenvalue weighted by Gasteiger charge is 2.28. The number of hydrogen-bond donors (Lipinski definition) is 6. The highest BCUT2D eigenvalue weighted by molar-refractivity contribution is 5.82. The maximum atomic E-state index is 10.9. The highest BCUT2D eigenvalue weighted by Crippen LogP contribution is 2.35. The summed E-state index contributed by atoms with van der Waals surface area (Å²) >= 11 is 0. The van der Waals surface area contributed by atoms with E-state index in [1.165, 1.54) is 0 Å². The molecule has 302 valence electrons. The Morgan fingerprint density at radius 1 is 0.471 bits per heavy atom. The summed E-state index contributed by atoms with van der Waals surface area (Å²) in [6.07, 6.45) is 4.74. The molecule has 0 bridgehead atoms. The zero-order valence-electron chi connectivity index (χ0n) is 34.7. The third kappa shape index (κ3) is 29.1. The van der Waals surface area contributed by atoms with Crippen molar-refractivity contribution in [1.29, 1.82) is 0 Å². The van der Waals surface area contributed by atoms with Crippen molar-refractivity contribution < 1.29 is 44.1 Å². The van der Waals surface area contributed by atoms with E-state index in [1.807, 2.05) is 20.8 Å². The first kappa shape index (κ1) is 54.6. The van der Waals surface area contributed by atoms with E-state index in [2.05, 4.69) is 83.1 Å². The molecule has 0 spiro atoms. The summed E-state index contributed by atoms with van der Waals surface area (Å²) in [5.41, 5.74) is 16.6. The van der Waals surface area contributed by atoms with Gasteiger partial charge in [0.25, 0.3) is 0 Å². The van der Waals surface area contributed by atoms with Crippen LogP contribution in [0.15, 0.2) is 0 Å². The molecule has 9 N–H and O–H groups in total. The van der Waals surface area contributed by atoms with Crippen molar-refractivity contribution in [2.75, 3.05) is 0 Å². The summed E-state index contributed by atoms with van der Waals surface area (Å²) in [5, 5.41) is 24.7. The fourth-order valence-electron chi connectivity index (χ4n) is 5.69. The third-order valence-electron chi connectivity index (χ3n) is 9.72. The second-order valence-electron chi connectivity index (χ2n) is 17.3. The van der Waals surface area contributed by atoms with E-state index in [1.54, 1.807) is 0 Å². The molecule has 0 saturated heterocycles. The normalized spacial score (nSPS) is 15.1. The van der Waals surface area contributed by atoms with Crippen molar-refractivity contribution in [2.24, 2.45) is 74.9 Å². The molecule has 0 aromatic heterocycles. The summed E-state index contributed by atoms with van der Waals surface area (Å²) in [6.45, 7) is 32.2. The molecule has 6 atom stereocenters. The van der Waals surface area contributed by atoms with Gasteiger partial charge in [-0.15, -0.1) is 0 Å². The molecule has 0 aromatic rings. The largest absolute Gasteiger partial charge is 0.481 e. The summed E-state index contributed by atoms with van der Waals surface area (Å²) in [6, 6.07) is 0. The minimum Gasteiger partial charge on any atom is -0.481 e. The van der Waals surface area contributed by atoms with Gasteiger partial charge in [0, 0.05) is 17.8 Å². The number of nitrogens with two attached hydrogens (primary N) is 3. The van der Waals surface area contributed by atoms with E-state index in [4.69, 9.17) is 32.5 Å². The number of carboxylic acids is 3. The molecule has 0 aliphatic rings. The van der Waals surface area contributed by atoms with E-state index in [0.29, 0.717) is 17.8 Å². The SMILES string of the molecule is CCC(CC(C)C(N)=O)C(C)(C)C.CCC(CC(C)C(N)=O)C(C)(C)C.CCC(CC(C)C(N)=O)C(C)(C)C.O=C(O)CC(CC(=O)O)C(=O)O. The number of carbonyl (C=O) groups is 6. The molecule has 0 aliphatic carbocycles. The molecule has 0 saturated carbocycles. The number of aliphatic carboxylic acids is 3. The fraction of sp³-hybridized carbons (Fsp3) is 0.846. The number of hydrogen-bond acceptors (Lipinski definition) is 6. The van der Waals surface area contributed by atoms with Gasteiger partial charge in [0.05, 0.1) is 18.8 Å². The summed E-state index contributed by atoms with van der Waals surface area (Å²) < 4.78 is 0. The molecule has 51 heavy (non-hydrogen) atoms. The zero-order chi connectivity index (χ0) is 41.7. The van der Waals surface area contributed by atoms with Gasteiger partial charge in [-0.2, -0.15) is 0 Å². The second kappa shape index (κ2) is 25.7. The topological polar surface area (TPSA) is 241 Å². The number of carbonyl (C=O) groups excluding carboxylic acids is 3. The van der Waals surface area contributed by atoms with Crippen molar-refractivity contribution in [3.8, 4) is 0 Å². The fourth-order valence-corrected chi connectivity index (χ4v) is 5.69. The summed E-state index contributed by atoms with van der Waals surface area (Å²) in [4.78, 5) is 63.0. The molecule has 3 amide bonds. The second-order valence-corrected chi connectivity index (χ2v) is 17.3. The number of amides is 3. The Balaban J connectivity index is -0.000000289. The Morgan fingerprint density at radius 3 is 0.765 bits per heavy atom. The Morgan fingerprint density at radius 2 is 0.667 bits per heavy atom. The maximum absolute atomic E-state index is 10.9. The van der Waals surface area contributed by atoms with Crippen LogP contribution in [0, 0.1) is 57.7 Å². The van der Waals surface area contributed by atoms with Crippen molar-refractivity contribution in [3.63, 3.8) is 0 Å². The molecular formula is C39H77N3O9. The van der Waals surface area contributed by atoms with Crippen molar-refractivity contribution in [2.45, 2.75) is 155 Å². The molecule has 6 unspecified atom stereocenters. The molecule has 0 aliphatic heterocycles. The van der Waals surface area contributed by atoms with Crippen LogP contribution in [0.2, 0.25) is 0 Å². The lowest BCUT2D eigenvalue weighted by atomic mass is 9.74. The standard InChI is InChI=1S/3C11H23NO.C6H8O6/c3*1-6-9(11(3,4)5)7-8(2)10(12)13;7-4(8)1-3(6(11)12)2-5(9)10/h3*8-9H,6-7H2,1-5H3,(H2,12,13);3H,1-2H2,(H,7,8)(H,9,10)(H,11,12). The Hall–Kier alpha value is -3.18. The Labute approximate surface area is 309 Å². The highest BCUT2D eigenvalue weighted by atomic mass is 16.4. The molecule has 0 rings (SSSR count). The number of rotatable bonds is 17. The van der Waals surface area contributed by atoms with Crippen LogP contribution in [-0.2, 0) is 28.8 Å². The smallest absolute Gasteiger partial charge is 0.307 e. The van der Waals surface area contributed by atoms with Gasteiger partial charge < -0.3 is 32.5 Å². The number of carboxylic acid groups (broad SMARTS) is 3. The van der Waals surface area contributed by atoms with Crippen LogP contribution in [0.4, 0.5) is 0 Å². The first-order valence-corrected chi connectivity index (χ1v) is 18.3. The van der Waals surface area contributed by atoms with E-state index in [-0.39, 0.29) is 51.7 Å². The maximum Gasteiger partial charge on any atom is 0.307 e. The van der Waals surface area contributed by atoms with E-state index >= 15 is 0 Å². The van der Waals surface area contributed by atoms with Crippen molar-refractivity contribution >= 4 is 35.6 Å². The zero-order valence-corrected chi connectivity index (χ0v) is 34.7. The minimum absolute atomic E-state index is 0.00387. The van der Waals surface area contributed by atoms with Gasteiger partial charge in [-0.3, -0.25) is 28.8 Å². The van der Waals surface area contributed by atoms with Crippen LogP contribution < -0.4 is 17.2 Å². The van der Waals surface area contributed by atoms with E-state index in [9.17, 15) is 28.8 Å². The monoisotopic (exact) mass is 732 g/mol. The van der Waals surface area contributed by atoms with Crippen molar-refractivity contribution in [3.05, 3.63) is 0 Å². The van der Waals surface area contributed by atoms with Gasteiger partial charge in [0.2, 0.25) is 17.7 Å².